The lowest BCUT2D eigenvalue weighted by Crippen LogP contribution is -2.44. The number of hydroxylamine groups is 2. The molecule has 1 N–H and O–H groups in total. The van der Waals surface area contributed by atoms with Crippen LogP contribution in [-0.2, 0) is 10.4 Å². The van der Waals surface area contributed by atoms with Gasteiger partial charge in [0.05, 0.1) is 11.6 Å². The summed E-state index contributed by atoms with van der Waals surface area (Å²) in [5.41, 5.74) is -3.61. The lowest BCUT2D eigenvalue weighted by Gasteiger charge is -2.32. The maximum absolute atomic E-state index is 14.3. The maximum atomic E-state index is 14.3. The lowest BCUT2D eigenvalue weighted by atomic mass is 9.85. The van der Waals surface area contributed by atoms with Gasteiger partial charge in [-0.25, -0.2) is 4.79 Å². The smallest absolute Gasteiger partial charge is 0.423 e. The zero-order chi connectivity index (χ0) is 24.1. The summed E-state index contributed by atoms with van der Waals surface area (Å²) in [6.45, 7) is -0.395. The van der Waals surface area contributed by atoms with Crippen LogP contribution in [0.5, 0.6) is 0 Å². The fraction of sp³-hybridized carbons (Fsp3) is 0.350. The number of nitrogens with zero attached hydrogens (tertiary/aromatic N) is 1. The summed E-state index contributed by atoms with van der Waals surface area (Å²) >= 11 is 11.7. The van der Waals surface area contributed by atoms with Crippen LogP contribution in [0.15, 0.2) is 36.4 Å². The number of aromatic carboxylic acids is 1. The average molecular weight is 502 g/mol. The SMILES string of the molecule is Cc1cc(C2CC(c3cc(Cl)cc(Cl)c3)(C(F)(F)F)ON2CC(F)(F)F)ccc1C(=O)O. The van der Waals surface area contributed by atoms with Crippen molar-refractivity contribution >= 4 is 29.2 Å². The molecule has 4 nitrogen and oxygen atoms in total. The van der Waals surface area contributed by atoms with Gasteiger partial charge in [0.25, 0.3) is 0 Å². The van der Waals surface area contributed by atoms with E-state index in [1.54, 1.807) is 0 Å². The molecule has 0 saturated carbocycles. The molecule has 0 radical (unpaired) electrons. The van der Waals surface area contributed by atoms with Gasteiger partial charge < -0.3 is 5.11 Å². The summed E-state index contributed by atoms with van der Waals surface area (Å²) in [4.78, 5) is 16.3. The van der Waals surface area contributed by atoms with Gasteiger partial charge in [-0.1, -0.05) is 35.3 Å². The minimum atomic E-state index is -5.13. The first-order chi connectivity index (χ1) is 14.6. The lowest BCUT2D eigenvalue weighted by molar-refractivity contribution is -0.341. The van der Waals surface area contributed by atoms with E-state index in [1.165, 1.54) is 25.1 Å². The molecule has 0 spiro atoms. The van der Waals surface area contributed by atoms with Gasteiger partial charge in [0.15, 0.2) is 0 Å². The summed E-state index contributed by atoms with van der Waals surface area (Å²) in [5, 5.41) is 9.09. The maximum Gasteiger partial charge on any atom is 0.423 e. The fourth-order valence-corrected chi connectivity index (χ4v) is 4.23. The number of carbonyl (C=O) groups is 1. The van der Waals surface area contributed by atoms with E-state index in [0.717, 1.165) is 18.2 Å². The molecule has 2 aromatic carbocycles. The third-order valence-electron chi connectivity index (χ3n) is 5.09. The van der Waals surface area contributed by atoms with Gasteiger partial charge in [0.1, 0.15) is 6.54 Å². The predicted molar refractivity (Wildman–Crippen MR) is 104 cm³/mol. The van der Waals surface area contributed by atoms with Crippen LogP contribution >= 0.6 is 23.2 Å². The molecule has 2 aromatic rings. The second-order valence-corrected chi connectivity index (χ2v) is 8.24. The Kier molecular flexibility index (Phi) is 6.47. The highest BCUT2D eigenvalue weighted by molar-refractivity contribution is 6.34. The summed E-state index contributed by atoms with van der Waals surface area (Å²) < 4.78 is 82.5. The molecule has 32 heavy (non-hydrogen) atoms. The quantitative estimate of drug-likeness (QED) is 0.473. The molecule has 1 heterocycles. The van der Waals surface area contributed by atoms with Gasteiger partial charge in [-0.05, 0) is 47.9 Å². The fourth-order valence-electron chi connectivity index (χ4n) is 3.70. The monoisotopic (exact) mass is 501 g/mol. The summed E-state index contributed by atoms with van der Waals surface area (Å²) in [5.74, 6) is -1.28. The number of aryl methyl sites for hydroxylation is 1. The Morgan fingerprint density at radius 1 is 1.12 bits per heavy atom. The van der Waals surface area contributed by atoms with Crippen molar-refractivity contribution in [3.8, 4) is 0 Å². The number of benzene rings is 2. The molecule has 12 heteroatoms. The van der Waals surface area contributed by atoms with E-state index >= 15 is 0 Å². The summed E-state index contributed by atoms with van der Waals surface area (Å²) in [7, 11) is 0. The largest absolute Gasteiger partial charge is 0.478 e. The van der Waals surface area contributed by atoms with Crippen LogP contribution in [0, 0.1) is 6.92 Å². The molecule has 2 unspecified atom stereocenters. The molecule has 1 saturated heterocycles. The van der Waals surface area contributed by atoms with Crippen LogP contribution in [0.2, 0.25) is 10.0 Å². The first-order valence-electron chi connectivity index (χ1n) is 9.02. The Morgan fingerprint density at radius 3 is 2.19 bits per heavy atom. The Balaban J connectivity index is 2.16. The van der Waals surface area contributed by atoms with E-state index in [9.17, 15) is 31.1 Å². The van der Waals surface area contributed by atoms with Crippen molar-refractivity contribution in [2.24, 2.45) is 0 Å². The van der Waals surface area contributed by atoms with Gasteiger partial charge in [0, 0.05) is 16.5 Å². The number of carboxylic acid groups (broad SMARTS) is 1. The van der Waals surface area contributed by atoms with Crippen LogP contribution in [0.25, 0.3) is 0 Å². The second kappa shape index (κ2) is 8.40. The van der Waals surface area contributed by atoms with Crippen molar-refractivity contribution in [1.29, 1.82) is 0 Å². The van der Waals surface area contributed by atoms with Crippen molar-refractivity contribution in [3.63, 3.8) is 0 Å². The molecule has 2 atom stereocenters. The van der Waals surface area contributed by atoms with Crippen molar-refractivity contribution in [2.45, 2.75) is 37.3 Å². The molecule has 1 fully saturated rings. The minimum Gasteiger partial charge on any atom is -0.478 e. The molecule has 1 aliphatic rings. The van der Waals surface area contributed by atoms with Crippen molar-refractivity contribution < 1.29 is 41.1 Å². The van der Waals surface area contributed by atoms with Gasteiger partial charge in [-0.3, -0.25) is 4.84 Å². The number of hydrogen-bond acceptors (Lipinski definition) is 3. The molecule has 0 amide bonds. The Hall–Kier alpha value is -2.01. The van der Waals surface area contributed by atoms with Crippen molar-refractivity contribution in [1.82, 2.24) is 5.06 Å². The van der Waals surface area contributed by atoms with E-state index < -0.39 is 48.5 Å². The first kappa shape index (κ1) is 24.6. The summed E-state index contributed by atoms with van der Waals surface area (Å²) in [6, 6.07) is 5.11. The minimum absolute atomic E-state index is 0.0380. The summed E-state index contributed by atoms with van der Waals surface area (Å²) in [6.07, 6.45) is -10.9. The number of halogens is 8. The highest BCUT2D eigenvalue weighted by Gasteiger charge is 2.65. The number of rotatable bonds is 4. The third-order valence-corrected chi connectivity index (χ3v) is 5.53. The van der Waals surface area contributed by atoms with Crippen LogP contribution in [0.1, 0.15) is 39.5 Å². The molecule has 0 bridgehead atoms. The van der Waals surface area contributed by atoms with E-state index in [0.29, 0.717) is 0 Å². The Bertz CT molecular complexity index is 1020. The van der Waals surface area contributed by atoms with Crippen LogP contribution < -0.4 is 0 Å². The second-order valence-electron chi connectivity index (χ2n) is 7.36. The van der Waals surface area contributed by atoms with E-state index in [1.807, 2.05) is 0 Å². The van der Waals surface area contributed by atoms with E-state index in [2.05, 4.69) is 0 Å². The van der Waals surface area contributed by atoms with E-state index in [-0.39, 0.29) is 31.8 Å². The molecule has 0 aromatic heterocycles. The van der Waals surface area contributed by atoms with Crippen LogP contribution in [0.3, 0.4) is 0 Å². The molecular formula is C20H15Cl2F6NO3. The number of alkyl halides is 6. The van der Waals surface area contributed by atoms with Gasteiger partial charge in [-0.2, -0.15) is 31.4 Å². The molecule has 1 aliphatic heterocycles. The van der Waals surface area contributed by atoms with Gasteiger partial charge in [0.2, 0.25) is 5.60 Å². The Morgan fingerprint density at radius 2 is 1.72 bits per heavy atom. The Labute approximate surface area is 188 Å². The highest BCUT2D eigenvalue weighted by Crippen LogP contribution is 2.55. The third kappa shape index (κ3) is 4.83. The molecule has 3 rings (SSSR count). The predicted octanol–water partition coefficient (Wildman–Crippen LogP) is 6.70. The first-order valence-corrected chi connectivity index (χ1v) is 9.78. The highest BCUT2D eigenvalue weighted by atomic mass is 35.5. The molecular weight excluding hydrogens is 487 g/mol. The van der Waals surface area contributed by atoms with Crippen molar-refractivity contribution in [3.05, 3.63) is 68.7 Å². The van der Waals surface area contributed by atoms with Crippen LogP contribution in [-0.4, -0.2) is 35.0 Å². The van der Waals surface area contributed by atoms with E-state index in [4.69, 9.17) is 33.1 Å². The number of hydrogen-bond donors (Lipinski definition) is 1. The van der Waals surface area contributed by atoms with Crippen LogP contribution in [0.4, 0.5) is 26.3 Å². The molecule has 0 aliphatic carbocycles. The number of carboxylic acids is 1. The zero-order valence-corrected chi connectivity index (χ0v) is 17.7. The normalized spacial score (nSPS) is 22.3. The topological polar surface area (TPSA) is 49.8 Å². The van der Waals surface area contributed by atoms with Gasteiger partial charge >= 0.3 is 18.3 Å². The van der Waals surface area contributed by atoms with Gasteiger partial charge in [-0.15, -0.1) is 0 Å². The zero-order valence-electron chi connectivity index (χ0n) is 16.2. The average Bonchev–Trinajstić information content (AvgIpc) is 2.99. The van der Waals surface area contributed by atoms with Crippen molar-refractivity contribution in [2.75, 3.05) is 6.54 Å². The molecule has 174 valence electrons. The standard InChI is InChI=1S/C20H15Cl2F6NO3/c1-10-4-11(2-3-15(10)17(30)31)16-8-18(20(26,27)28,32-29(16)9-19(23,24)25)12-5-13(21)7-14(22)6-12/h2-7,16H,8-9H2,1H3,(H,30,31).